The van der Waals surface area contributed by atoms with E-state index in [1.807, 2.05) is 0 Å². The fourth-order valence-electron chi connectivity index (χ4n) is 8.53. The number of ether oxygens (including phenoxy) is 3. The van der Waals surface area contributed by atoms with Crippen LogP contribution in [0.15, 0.2) is 12.1 Å². The van der Waals surface area contributed by atoms with Gasteiger partial charge in [0.25, 0.3) is 0 Å². The van der Waals surface area contributed by atoms with Crippen molar-refractivity contribution in [2.75, 3.05) is 50.1 Å². The van der Waals surface area contributed by atoms with Crippen molar-refractivity contribution in [2.24, 2.45) is 5.92 Å². The quantitative estimate of drug-likeness (QED) is 0.236. The molecule has 4 aliphatic rings. The van der Waals surface area contributed by atoms with Crippen LogP contribution in [0.2, 0.25) is 5.02 Å². The third-order valence-corrected chi connectivity index (χ3v) is 11.9. The Hall–Kier alpha value is -4.01. The number of hydrogen-bond acceptors (Lipinski definition) is 11. The van der Waals surface area contributed by atoms with Gasteiger partial charge in [0, 0.05) is 37.1 Å². The van der Waals surface area contributed by atoms with E-state index in [-0.39, 0.29) is 84.1 Å². The van der Waals surface area contributed by atoms with Gasteiger partial charge in [-0.25, -0.2) is 8.78 Å². The highest BCUT2D eigenvalue weighted by Crippen LogP contribution is 2.51. The molecule has 0 aliphatic carbocycles. The molecule has 2 aromatic heterocycles. The monoisotopic (exact) mass is 705 g/mol. The maximum absolute atomic E-state index is 17.3. The Labute approximate surface area is 290 Å². The number of nitrogens with two attached hydrogens (primary N) is 1. The molecule has 49 heavy (non-hydrogen) atoms. The van der Waals surface area contributed by atoms with E-state index in [0.29, 0.717) is 44.3 Å². The number of benzene rings is 2. The fourth-order valence-corrected chi connectivity index (χ4v) is 9.81. The first kappa shape index (κ1) is 32.2. The van der Waals surface area contributed by atoms with Crippen LogP contribution >= 0.6 is 22.9 Å². The van der Waals surface area contributed by atoms with E-state index in [1.165, 1.54) is 12.1 Å². The average molecular weight is 706 g/mol. The van der Waals surface area contributed by atoms with Crippen LogP contribution in [0.3, 0.4) is 0 Å². The van der Waals surface area contributed by atoms with Gasteiger partial charge in [-0.1, -0.05) is 24.6 Å². The van der Waals surface area contributed by atoms with Gasteiger partial charge in [0.2, 0.25) is 0 Å². The standard InChI is InChI=1S/C35H34ClF2N7O3S/c1-18-14-35(8-2-10-44(35)16-18)17-48-34-42-29-26-30(47-13-7-22-23(6-9-39)46-12-3-11-45(22)33(26)43-34)27(36)25(28(29)38)19-4-5-21(37)31-24(19)20(15-40)32(41)49-31/h4-5,18,22-23H,2-3,6-8,10-14,16-17,41H2,1H3/t18-,22?,23?,35+/m1/s1. The number of fused-ring (bicyclic) bond motifs is 4. The van der Waals surface area contributed by atoms with Gasteiger partial charge < -0.3 is 24.8 Å². The largest absolute Gasteiger partial charge is 0.491 e. The maximum Gasteiger partial charge on any atom is 0.319 e. The lowest BCUT2D eigenvalue weighted by Gasteiger charge is -2.37. The van der Waals surface area contributed by atoms with E-state index in [1.54, 1.807) is 0 Å². The van der Waals surface area contributed by atoms with E-state index in [0.717, 1.165) is 43.7 Å². The van der Waals surface area contributed by atoms with Crippen LogP contribution in [-0.2, 0) is 4.74 Å². The molecule has 14 heteroatoms. The summed E-state index contributed by atoms with van der Waals surface area (Å²) >= 11 is 8.02. The number of nitrogen functional groups attached to an aromatic ring is 1. The van der Waals surface area contributed by atoms with E-state index in [4.69, 9.17) is 41.5 Å². The van der Waals surface area contributed by atoms with Gasteiger partial charge in [0.1, 0.15) is 34.8 Å². The molecule has 2 aromatic carbocycles. The molecule has 3 saturated heterocycles. The number of rotatable bonds is 5. The van der Waals surface area contributed by atoms with Gasteiger partial charge in [0.15, 0.2) is 11.6 Å². The summed E-state index contributed by atoms with van der Waals surface area (Å²) < 4.78 is 51.5. The number of hydrogen-bond donors (Lipinski definition) is 1. The molecular weight excluding hydrogens is 672 g/mol. The Kier molecular flexibility index (Phi) is 8.15. The zero-order valence-corrected chi connectivity index (χ0v) is 28.5. The molecule has 0 bridgehead atoms. The topological polar surface area (TPSA) is 134 Å². The van der Waals surface area contributed by atoms with Gasteiger partial charge in [-0.15, -0.1) is 11.3 Å². The van der Waals surface area contributed by atoms with E-state index in [9.17, 15) is 10.5 Å². The Bertz CT molecular complexity index is 2080. The van der Waals surface area contributed by atoms with Gasteiger partial charge >= 0.3 is 6.01 Å². The lowest BCUT2D eigenvalue weighted by molar-refractivity contribution is 0.0448. The maximum atomic E-state index is 17.3. The molecule has 0 amide bonds. The third kappa shape index (κ3) is 5.13. The van der Waals surface area contributed by atoms with E-state index in [2.05, 4.69) is 28.9 Å². The highest BCUT2D eigenvalue weighted by Gasteiger charge is 2.48. The highest BCUT2D eigenvalue weighted by molar-refractivity contribution is 7.23. The summed E-state index contributed by atoms with van der Waals surface area (Å²) in [4.78, 5) is 14.2. The summed E-state index contributed by atoms with van der Waals surface area (Å²) in [6.45, 7) is 5.80. The molecule has 4 aliphatic heterocycles. The zero-order chi connectivity index (χ0) is 34.0. The smallest absolute Gasteiger partial charge is 0.319 e. The zero-order valence-electron chi connectivity index (χ0n) is 26.9. The second-order valence-corrected chi connectivity index (χ2v) is 15.0. The predicted octanol–water partition coefficient (Wildman–Crippen LogP) is 6.81. The molecule has 6 heterocycles. The van der Waals surface area contributed by atoms with Crippen LogP contribution in [0.25, 0.3) is 32.1 Å². The van der Waals surface area contributed by atoms with E-state index >= 15 is 8.78 Å². The normalized spacial score (nSPS) is 25.2. The van der Waals surface area contributed by atoms with Gasteiger partial charge in [0.05, 0.1) is 57.5 Å². The minimum Gasteiger partial charge on any atom is -0.491 e. The summed E-state index contributed by atoms with van der Waals surface area (Å²) in [6, 6.07) is 6.65. The molecule has 4 aromatic rings. The second-order valence-electron chi connectivity index (χ2n) is 13.5. The number of halogens is 3. The molecular formula is C35H34ClF2N7O3S. The molecule has 2 unspecified atom stereocenters. The average Bonchev–Trinajstić information content (AvgIpc) is 3.67. The first-order chi connectivity index (χ1) is 23.7. The summed E-state index contributed by atoms with van der Waals surface area (Å²) in [5.74, 6) is -0.261. The lowest BCUT2D eigenvalue weighted by atomic mass is 9.92. The SMILES string of the molecule is C[C@H]1CN2CCC[C@@]2(COc2nc3c4c(c(Cl)c(-c5ccc(F)c6sc(N)c(C#N)c56)c(F)c4n2)OCCC2C(CC#N)OCCCN32)C1. The number of aromatic nitrogens is 2. The number of nitriles is 2. The summed E-state index contributed by atoms with van der Waals surface area (Å²) in [7, 11) is 0. The third-order valence-electron chi connectivity index (χ3n) is 10.5. The van der Waals surface area contributed by atoms with Gasteiger partial charge in [-0.2, -0.15) is 20.5 Å². The van der Waals surface area contributed by atoms with E-state index < -0.39 is 17.7 Å². The van der Waals surface area contributed by atoms with Crippen molar-refractivity contribution in [1.29, 1.82) is 10.5 Å². The first-order valence-corrected chi connectivity index (χ1v) is 17.8. The molecule has 4 atom stereocenters. The van der Waals surface area contributed by atoms with Crippen LogP contribution < -0.4 is 20.1 Å². The summed E-state index contributed by atoms with van der Waals surface area (Å²) in [6.07, 6.45) is 3.96. The number of thiophene rings is 1. The molecule has 3 fully saturated rings. The molecule has 8 rings (SSSR count). The molecule has 0 spiro atoms. The Morgan fingerprint density at radius 2 is 2.04 bits per heavy atom. The molecule has 10 nitrogen and oxygen atoms in total. The van der Waals surface area contributed by atoms with Crippen LogP contribution in [0.5, 0.6) is 11.8 Å². The fraction of sp³-hybridized carbons (Fsp3) is 0.486. The Morgan fingerprint density at radius 1 is 1.18 bits per heavy atom. The van der Waals surface area contributed by atoms with Gasteiger partial charge in [-0.05, 0) is 49.8 Å². The van der Waals surface area contributed by atoms with Gasteiger partial charge in [-0.3, -0.25) is 4.90 Å². The second kappa shape index (κ2) is 12.4. The van der Waals surface area contributed by atoms with Crippen molar-refractivity contribution in [3.05, 3.63) is 34.4 Å². The minimum atomic E-state index is -0.783. The summed E-state index contributed by atoms with van der Waals surface area (Å²) in [5, 5.41) is 20.1. The van der Waals surface area contributed by atoms with Crippen molar-refractivity contribution in [1.82, 2.24) is 14.9 Å². The van der Waals surface area contributed by atoms with Crippen molar-refractivity contribution >= 4 is 54.7 Å². The molecule has 2 N–H and O–H groups in total. The minimum absolute atomic E-state index is 0.0180. The highest BCUT2D eigenvalue weighted by atomic mass is 35.5. The van der Waals surface area contributed by atoms with Crippen LogP contribution in [0.4, 0.5) is 19.6 Å². The first-order valence-electron chi connectivity index (χ1n) is 16.6. The molecule has 254 valence electrons. The van der Waals surface area contributed by atoms with Crippen LogP contribution in [-0.4, -0.2) is 72.0 Å². The predicted molar refractivity (Wildman–Crippen MR) is 183 cm³/mol. The lowest BCUT2D eigenvalue weighted by Crippen LogP contribution is -2.46. The van der Waals surface area contributed by atoms with Crippen molar-refractivity contribution < 1.29 is 23.0 Å². The number of nitrogens with zero attached hydrogens (tertiary/aromatic N) is 6. The van der Waals surface area contributed by atoms with Crippen LogP contribution in [0.1, 0.15) is 51.0 Å². The van der Waals surface area contributed by atoms with Crippen molar-refractivity contribution in [3.63, 3.8) is 0 Å². The molecule has 0 radical (unpaired) electrons. The number of anilines is 2. The summed E-state index contributed by atoms with van der Waals surface area (Å²) in [5.41, 5.74) is 6.08. The Morgan fingerprint density at radius 3 is 2.86 bits per heavy atom. The Balaban J connectivity index is 1.36. The molecule has 0 saturated carbocycles. The van der Waals surface area contributed by atoms with Crippen LogP contribution in [0, 0.1) is 40.2 Å². The van der Waals surface area contributed by atoms with Crippen molar-refractivity contribution in [3.8, 4) is 35.0 Å². The van der Waals surface area contributed by atoms with Crippen molar-refractivity contribution in [2.45, 2.75) is 63.1 Å².